The van der Waals surface area contributed by atoms with Gasteiger partial charge in [-0.1, -0.05) is 12.1 Å². The van der Waals surface area contributed by atoms with Gasteiger partial charge in [0.2, 0.25) is 5.85 Å². The third-order valence-electron chi connectivity index (χ3n) is 5.47. The van der Waals surface area contributed by atoms with Crippen LogP contribution in [0.2, 0.25) is 0 Å². The van der Waals surface area contributed by atoms with E-state index in [1.54, 1.807) is 20.0 Å². The van der Waals surface area contributed by atoms with Crippen molar-refractivity contribution in [1.29, 1.82) is 0 Å². The second-order valence-corrected chi connectivity index (χ2v) is 8.38. The van der Waals surface area contributed by atoms with Gasteiger partial charge in [0.1, 0.15) is 0 Å². The number of nitrogens with one attached hydrogen (secondary N) is 2. The van der Waals surface area contributed by atoms with Crippen LogP contribution in [0.25, 0.3) is 5.57 Å². The van der Waals surface area contributed by atoms with E-state index in [1.165, 1.54) is 0 Å². The summed E-state index contributed by atoms with van der Waals surface area (Å²) in [5.41, 5.74) is 2.29. The largest absolute Gasteiger partial charge is 0.388 e. The van der Waals surface area contributed by atoms with Gasteiger partial charge in [0.15, 0.2) is 0 Å². The Labute approximate surface area is 171 Å². The number of ether oxygens (including phenoxy) is 1. The van der Waals surface area contributed by atoms with Gasteiger partial charge in [-0.2, -0.15) is 5.10 Å². The molecule has 4 rings (SSSR count). The number of piperidine rings is 1. The van der Waals surface area contributed by atoms with Crippen molar-refractivity contribution in [2.45, 2.75) is 44.1 Å². The molecule has 0 aliphatic carbocycles. The number of rotatable bonds is 6. The Morgan fingerprint density at radius 1 is 1.31 bits per heavy atom. The highest BCUT2D eigenvalue weighted by molar-refractivity contribution is 5.74. The summed E-state index contributed by atoms with van der Waals surface area (Å²) in [4.78, 5) is 6.84. The Morgan fingerprint density at radius 3 is 2.72 bits per heavy atom. The second-order valence-electron chi connectivity index (χ2n) is 8.38. The third-order valence-corrected chi connectivity index (χ3v) is 5.47. The van der Waals surface area contributed by atoms with Crippen LogP contribution >= 0.6 is 0 Å². The lowest BCUT2D eigenvalue weighted by Gasteiger charge is -2.46. The minimum atomic E-state index is -0.913. The van der Waals surface area contributed by atoms with Crippen LogP contribution in [0.4, 0.5) is 0 Å². The van der Waals surface area contributed by atoms with Crippen LogP contribution in [0, 0.1) is 0 Å². The average Bonchev–Trinajstić information content (AvgIpc) is 3.28. The quantitative estimate of drug-likeness (QED) is 0.697. The minimum absolute atomic E-state index is 0.222. The molecule has 29 heavy (non-hydrogen) atoms. The highest BCUT2D eigenvalue weighted by atomic mass is 16.5. The van der Waals surface area contributed by atoms with Gasteiger partial charge in [0, 0.05) is 54.4 Å². The van der Waals surface area contributed by atoms with Crippen molar-refractivity contribution >= 4 is 5.57 Å². The molecule has 2 aliphatic heterocycles. The summed E-state index contributed by atoms with van der Waals surface area (Å²) in [6.07, 6.45) is 13.6. The summed E-state index contributed by atoms with van der Waals surface area (Å²) in [7, 11) is 0. The number of H-pyrrole nitrogens is 1. The van der Waals surface area contributed by atoms with Crippen LogP contribution in [-0.4, -0.2) is 56.3 Å². The molecule has 154 valence electrons. The zero-order valence-electron chi connectivity index (χ0n) is 17.0. The number of aliphatic hydroxyl groups is 1. The zero-order valence-corrected chi connectivity index (χ0v) is 17.0. The number of likely N-dealkylation sites (tertiary alicyclic amines) is 1. The van der Waals surface area contributed by atoms with E-state index in [4.69, 9.17) is 4.74 Å². The van der Waals surface area contributed by atoms with E-state index in [2.05, 4.69) is 43.6 Å². The molecular formula is C22H29N5O2. The maximum absolute atomic E-state index is 10.2. The normalized spacial score (nSPS) is 23.6. The number of hydrogen-bond acceptors (Lipinski definition) is 6. The first-order valence-corrected chi connectivity index (χ1v) is 10.1. The van der Waals surface area contributed by atoms with E-state index in [9.17, 15) is 5.11 Å². The summed E-state index contributed by atoms with van der Waals surface area (Å²) in [5.74, 6) is -0.314. The second kappa shape index (κ2) is 8.10. The van der Waals surface area contributed by atoms with Gasteiger partial charge in [-0.3, -0.25) is 15.0 Å². The number of aromatic nitrogens is 3. The average molecular weight is 396 g/mol. The minimum Gasteiger partial charge on any atom is -0.388 e. The van der Waals surface area contributed by atoms with Gasteiger partial charge in [-0.25, -0.2) is 0 Å². The molecule has 4 heterocycles. The number of nitrogens with zero attached hydrogens (tertiary/aromatic N) is 3. The molecule has 1 saturated heterocycles. The monoisotopic (exact) mass is 395 g/mol. The van der Waals surface area contributed by atoms with Gasteiger partial charge in [0.25, 0.3) is 0 Å². The van der Waals surface area contributed by atoms with E-state index in [0.29, 0.717) is 5.92 Å². The van der Waals surface area contributed by atoms with Crippen molar-refractivity contribution in [3.8, 4) is 0 Å². The fourth-order valence-electron chi connectivity index (χ4n) is 3.86. The predicted molar refractivity (Wildman–Crippen MR) is 112 cm³/mol. The predicted octanol–water partition coefficient (Wildman–Crippen LogP) is 2.63. The molecule has 1 fully saturated rings. The Bertz CT molecular complexity index is 849. The molecular weight excluding hydrogens is 366 g/mol. The van der Waals surface area contributed by atoms with Crippen LogP contribution in [0.3, 0.4) is 0 Å². The number of dihydropyridines is 1. The fourth-order valence-corrected chi connectivity index (χ4v) is 3.86. The first kappa shape index (κ1) is 19.8. The molecule has 7 heteroatoms. The van der Waals surface area contributed by atoms with Crippen molar-refractivity contribution in [3.63, 3.8) is 0 Å². The fraction of sp³-hybridized carbons (Fsp3) is 0.455. The topological polar surface area (TPSA) is 86.3 Å². The van der Waals surface area contributed by atoms with Crippen molar-refractivity contribution in [2.24, 2.45) is 0 Å². The Morgan fingerprint density at radius 2 is 2.14 bits per heavy atom. The molecule has 1 unspecified atom stereocenters. The van der Waals surface area contributed by atoms with Gasteiger partial charge in [0.05, 0.1) is 18.4 Å². The number of allylic oxidation sites excluding steroid dienone is 2. The Balaban J connectivity index is 1.49. The standard InChI is InChI=1S/C22H29N5O2/c1-21(2,28)16-29-22(9-6-18(13-24-22)19-14-25-26-15-19)27-11-7-17(8-12-27)20-5-3-4-10-23-20/h3-6,9-10,13-15,17,24,28H,7-8,11-12,16H2,1-2H3,(H,25,26). The summed E-state index contributed by atoms with van der Waals surface area (Å²) in [6.45, 7) is 5.48. The molecule has 3 N–H and O–H groups in total. The lowest BCUT2D eigenvalue weighted by molar-refractivity contribution is -0.174. The summed E-state index contributed by atoms with van der Waals surface area (Å²) >= 11 is 0. The Hall–Kier alpha value is -2.48. The molecule has 2 aromatic heterocycles. The van der Waals surface area contributed by atoms with Crippen LogP contribution in [-0.2, 0) is 4.74 Å². The van der Waals surface area contributed by atoms with Crippen molar-refractivity contribution in [3.05, 3.63) is 66.4 Å². The van der Waals surface area contributed by atoms with Crippen molar-refractivity contribution in [1.82, 2.24) is 25.4 Å². The van der Waals surface area contributed by atoms with E-state index < -0.39 is 11.4 Å². The summed E-state index contributed by atoms with van der Waals surface area (Å²) < 4.78 is 6.28. The number of aromatic amines is 1. The lowest BCUT2D eigenvalue weighted by atomic mass is 9.92. The van der Waals surface area contributed by atoms with Gasteiger partial charge >= 0.3 is 0 Å². The third kappa shape index (κ3) is 4.58. The van der Waals surface area contributed by atoms with Crippen LogP contribution in [0.1, 0.15) is 43.9 Å². The van der Waals surface area contributed by atoms with Gasteiger partial charge in [-0.05, 0) is 44.9 Å². The molecule has 7 nitrogen and oxygen atoms in total. The smallest absolute Gasteiger partial charge is 0.218 e. The zero-order chi connectivity index (χ0) is 20.3. The highest BCUT2D eigenvalue weighted by Gasteiger charge is 2.40. The summed E-state index contributed by atoms with van der Waals surface area (Å²) in [5, 5.41) is 20.5. The van der Waals surface area contributed by atoms with Crippen molar-refractivity contribution < 1.29 is 9.84 Å². The lowest BCUT2D eigenvalue weighted by Crippen LogP contribution is -2.61. The molecule has 2 aliphatic rings. The molecule has 0 radical (unpaired) electrons. The number of pyridine rings is 1. The molecule has 0 aromatic carbocycles. The van der Waals surface area contributed by atoms with E-state index >= 15 is 0 Å². The molecule has 0 bridgehead atoms. The van der Waals surface area contributed by atoms with Crippen LogP contribution in [0.5, 0.6) is 0 Å². The number of hydrogen-bond donors (Lipinski definition) is 3. The summed E-state index contributed by atoms with van der Waals surface area (Å²) in [6, 6.07) is 6.12. The molecule has 2 aromatic rings. The molecule has 1 atom stereocenters. The SMILES string of the molecule is CC(C)(O)COC1(N2CCC(c3ccccn3)CC2)C=CC(c2cn[nH]c2)=CN1. The molecule has 0 spiro atoms. The van der Waals surface area contributed by atoms with E-state index in [0.717, 1.165) is 42.8 Å². The van der Waals surface area contributed by atoms with Crippen LogP contribution < -0.4 is 5.32 Å². The van der Waals surface area contributed by atoms with Crippen molar-refractivity contribution in [2.75, 3.05) is 19.7 Å². The maximum atomic E-state index is 10.2. The van der Waals surface area contributed by atoms with Gasteiger partial charge < -0.3 is 15.2 Å². The van der Waals surface area contributed by atoms with Gasteiger partial charge in [-0.15, -0.1) is 0 Å². The van der Waals surface area contributed by atoms with E-state index in [-0.39, 0.29) is 6.61 Å². The first-order valence-electron chi connectivity index (χ1n) is 10.1. The maximum Gasteiger partial charge on any atom is 0.218 e. The Kier molecular flexibility index (Phi) is 5.54. The highest BCUT2D eigenvalue weighted by Crippen LogP contribution is 2.33. The first-order chi connectivity index (χ1) is 14.0. The molecule has 0 amide bonds. The van der Waals surface area contributed by atoms with Crippen LogP contribution in [0.15, 0.2) is 55.1 Å². The van der Waals surface area contributed by atoms with E-state index in [1.807, 2.05) is 30.7 Å². The molecule has 0 saturated carbocycles.